The van der Waals surface area contributed by atoms with Crippen molar-refractivity contribution in [1.29, 1.82) is 0 Å². The van der Waals surface area contributed by atoms with E-state index in [2.05, 4.69) is 52.0 Å². The molecule has 0 fully saturated rings. The lowest BCUT2D eigenvalue weighted by molar-refractivity contribution is 0.598. The van der Waals surface area contributed by atoms with Gasteiger partial charge in [-0.2, -0.15) is 0 Å². The topological polar surface area (TPSA) is 17.1 Å². The quantitative estimate of drug-likeness (QED) is 0.743. The van der Waals surface area contributed by atoms with Gasteiger partial charge in [-0.25, -0.2) is 0 Å². The van der Waals surface area contributed by atoms with E-state index in [1.807, 2.05) is 24.3 Å². The molecule has 2 rings (SSSR count). The first kappa shape index (κ1) is 14.9. The van der Waals surface area contributed by atoms with Crippen LogP contribution >= 0.6 is 7.80 Å². The molecule has 0 aliphatic carbocycles. The first-order chi connectivity index (χ1) is 9.49. The number of hydrogen-bond donors (Lipinski definition) is 0. The Bertz CT molecular complexity index is 561. The van der Waals surface area contributed by atoms with Gasteiger partial charge in [0.05, 0.1) is 0 Å². The van der Waals surface area contributed by atoms with Crippen LogP contribution in [-0.4, -0.2) is 0 Å². The van der Waals surface area contributed by atoms with Crippen LogP contribution in [-0.2, 0) is 4.57 Å². The zero-order chi connectivity index (χ0) is 14.7. The Morgan fingerprint density at radius 2 is 1.15 bits per heavy atom. The molecule has 0 aromatic heterocycles. The van der Waals surface area contributed by atoms with Crippen LogP contribution in [0.3, 0.4) is 0 Å². The lowest BCUT2D eigenvalue weighted by Gasteiger charge is -2.05. The van der Waals surface area contributed by atoms with E-state index in [-0.39, 0.29) is 0 Å². The highest BCUT2D eigenvalue weighted by molar-refractivity contribution is 7.61. The SMILES string of the molecule is CC(C)c1cccc([P+](=O)c2cccc(C(C)C)c2)c1. The van der Waals surface area contributed by atoms with E-state index >= 15 is 0 Å². The third kappa shape index (κ3) is 3.35. The third-order valence-corrected chi connectivity index (χ3v) is 5.04. The molecule has 0 saturated heterocycles. The smallest absolute Gasteiger partial charge is 0.0613 e. The summed E-state index contributed by atoms with van der Waals surface area (Å²) in [4.78, 5) is 0. The predicted octanol–water partition coefficient (Wildman–Crippen LogP) is 4.71. The van der Waals surface area contributed by atoms with Gasteiger partial charge < -0.3 is 0 Å². The first-order valence-corrected chi connectivity index (χ1v) is 8.42. The predicted molar refractivity (Wildman–Crippen MR) is 87.9 cm³/mol. The maximum Gasteiger partial charge on any atom is 0.415 e. The van der Waals surface area contributed by atoms with Crippen LogP contribution in [0, 0.1) is 0 Å². The van der Waals surface area contributed by atoms with E-state index in [9.17, 15) is 4.57 Å². The molecule has 0 bridgehead atoms. The zero-order valence-electron chi connectivity index (χ0n) is 12.6. The van der Waals surface area contributed by atoms with E-state index in [0.29, 0.717) is 11.8 Å². The van der Waals surface area contributed by atoms with Crippen LogP contribution < -0.4 is 10.6 Å². The Balaban J connectivity index is 2.36. The highest BCUT2D eigenvalue weighted by Crippen LogP contribution is 2.24. The van der Waals surface area contributed by atoms with Crippen molar-refractivity contribution in [3.63, 3.8) is 0 Å². The minimum absolute atomic E-state index is 0.459. The minimum atomic E-state index is -1.50. The van der Waals surface area contributed by atoms with Crippen LogP contribution in [0.5, 0.6) is 0 Å². The fraction of sp³-hybridized carbons (Fsp3) is 0.333. The molecular formula is C18H22OP+. The van der Waals surface area contributed by atoms with Gasteiger partial charge in [0.1, 0.15) is 0 Å². The van der Waals surface area contributed by atoms with Crippen LogP contribution in [0.2, 0.25) is 0 Å². The molecule has 0 unspecified atom stereocenters. The molecule has 0 heterocycles. The van der Waals surface area contributed by atoms with Crippen LogP contribution in [0.25, 0.3) is 0 Å². The summed E-state index contributed by atoms with van der Waals surface area (Å²) in [7, 11) is -1.50. The van der Waals surface area contributed by atoms with Crippen LogP contribution in [0.15, 0.2) is 48.5 Å². The number of benzene rings is 2. The molecule has 0 saturated carbocycles. The van der Waals surface area contributed by atoms with Crippen molar-refractivity contribution >= 4 is 18.4 Å². The molecular weight excluding hydrogens is 263 g/mol. The highest BCUT2D eigenvalue weighted by atomic mass is 31.1. The maximum atomic E-state index is 12.7. The average Bonchev–Trinajstić information content (AvgIpc) is 2.46. The van der Waals surface area contributed by atoms with E-state index in [0.717, 1.165) is 10.6 Å². The van der Waals surface area contributed by atoms with Gasteiger partial charge in [-0.15, -0.1) is 0 Å². The van der Waals surface area contributed by atoms with E-state index in [1.165, 1.54) is 11.1 Å². The molecule has 2 heteroatoms. The van der Waals surface area contributed by atoms with Crippen molar-refractivity contribution < 1.29 is 4.57 Å². The van der Waals surface area contributed by atoms with Gasteiger partial charge in [0.15, 0.2) is 10.6 Å². The molecule has 0 atom stereocenters. The van der Waals surface area contributed by atoms with E-state index in [4.69, 9.17) is 0 Å². The molecule has 1 nitrogen and oxygen atoms in total. The van der Waals surface area contributed by atoms with E-state index in [1.54, 1.807) is 0 Å². The lowest BCUT2D eigenvalue weighted by Crippen LogP contribution is -2.08. The summed E-state index contributed by atoms with van der Waals surface area (Å²) < 4.78 is 12.7. The van der Waals surface area contributed by atoms with Gasteiger partial charge in [-0.1, -0.05) is 56.5 Å². The molecule has 0 aliphatic heterocycles. The van der Waals surface area contributed by atoms with Gasteiger partial charge in [0.2, 0.25) is 0 Å². The Morgan fingerprint density at radius 1 is 0.750 bits per heavy atom. The molecule has 2 aromatic carbocycles. The Labute approximate surface area is 122 Å². The lowest BCUT2D eigenvalue weighted by atomic mass is 10.0. The highest BCUT2D eigenvalue weighted by Gasteiger charge is 2.24. The fourth-order valence-electron chi connectivity index (χ4n) is 2.17. The Morgan fingerprint density at radius 3 is 1.50 bits per heavy atom. The molecule has 2 aromatic rings. The molecule has 0 spiro atoms. The minimum Gasteiger partial charge on any atom is -0.0613 e. The monoisotopic (exact) mass is 285 g/mol. The van der Waals surface area contributed by atoms with Gasteiger partial charge in [-0.05, 0) is 47.2 Å². The van der Waals surface area contributed by atoms with Gasteiger partial charge in [0, 0.05) is 0 Å². The maximum absolute atomic E-state index is 12.7. The Hall–Kier alpha value is -1.46. The van der Waals surface area contributed by atoms with Crippen molar-refractivity contribution in [2.75, 3.05) is 0 Å². The second-order valence-corrected chi connectivity index (χ2v) is 7.42. The molecule has 104 valence electrons. The third-order valence-electron chi connectivity index (χ3n) is 3.54. The second-order valence-electron chi connectivity index (χ2n) is 5.79. The fourth-order valence-corrected chi connectivity index (χ4v) is 3.44. The van der Waals surface area contributed by atoms with Crippen molar-refractivity contribution in [3.05, 3.63) is 59.7 Å². The molecule has 0 N–H and O–H groups in total. The summed E-state index contributed by atoms with van der Waals surface area (Å²) >= 11 is 0. The van der Waals surface area contributed by atoms with Gasteiger partial charge in [-0.3, -0.25) is 0 Å². The largest absolute Gasteiger partial charge is 0.415 e. The number of rotatable bonds is 4. The average molecular weight is 285 g/mol. The zero-order valence-corrected chi connectivity index (χ0v) is 13.5. The summed E-state index contributed by atoms with van der Waals surface area (Å²) in [5.41, 5.74) is 2.48. The van der Waals surface area contributed by atoms with Crippen molar-refractivity contribution in [1.82, 2.24) is 0 Å². The molecule has 0 radical (unpaired) electrons. The summed E-state index contributed by atoms with van der Waals surface area (Å²) in [5.74, 6) is 0.917. The molecule has 20 heavy (non-hydrogen) atoms. The van der Waals surface area contributed by atoms with Crippen molar-refractivity contribution in [2.24, 2.45) is 0 Å². The summed E-state index contributed by atoms with van der Waals surface area (Å²) in [6.07, 6.45) is 0. The van der Waals surface area contributed by atoms with Gasteiger partial charge >= 0.3 is 7.80 Å². The second kappa shape index (κ2) is 6.33. The Kier molecular flexibility index (Phi) is 4.73. The molecule has 0 aliphatic rings. The normalized spacial score (nSPS) is 11.1. The summed E-state index contributed by atoms with van der Waals surface area (Å²) in [5, 5.41) is 1.85. The standard InChI is InChI=1S/C18H22OP/c1-13(2)15-7-5-9-17(11-15)20(19)18-10-6-8-16(12-18)14(3)4/h5-14H,1-4H3/q+1. The first-order valence-electron chi connectivity index (χ1n) is 7.16. The van der Waals surface area contributed by atoms with Crippen LogP contribution in [0.4, 0.5) is 0 Å². The van der Waals surface area contributed by atoms with E-state index < -0.39 is 7.80 Å². The van der Waals surface area contributed by atoms with Crippen LogP contribution in [0.1, 0.15) is 50.7 Å². The van der Waals surface area contributed by atoms with Gasteiger partial charge in [0.25, 0.3) is 0 Å². The van der Waals surface area contributed by atoms with Crippen molar-refractivity contribution in [2.45, 2.75) is 39.5 Å². The number of hydrogen-bond acceptors (Lipinski definition) is 1. The summed E-state index contributed by atoms with van der Waals surface area (Å²) in [6.45, 7) is 8.63. The summed E-state index contributed by atoms with van der Waals surface area (Å²) in [6, 6.07) is 16.3. The van der Waals surface area contributed by atoms with Crippen molar-refractivity contribution in [3.8, 4) is 0 Å². The molecule has 0 amide bonds.